The Morgan fingerprint density at radius 2 is 2.10 bits per heavy atom. The van der Waals surface area contributed by atoms with Crippen LogP contribution in [0, 0.1) is 5.92 Å². The normalized spacial score (nSPS) is 20.8. The number of halogens is 3. The van der Waals surface area contributed by atoms with Crippen molar-refractivity contribution in [3.05, 3.63) is 28.8 Å². The van der Waals surface area contributed by atoms with E-state index in [-0.39, 0.29) is 40.6 Å². The Kier molecular flexibility index (Phi) is 6.07. The van der Waals surface area contributed by atoms with Crippen LogP contribution in [0.1, 0.15) is 29.3 Å². The first-order chi connectivity index (χ1) is 13.9. The fraction of sp³-hybridized carbons (Fsp3) is 0.471. The molecule has 0 aromatic carbocycles. The van der Waals surface area contributed by atoms with Crippen LogP contribution < -0.4 is 11.1 Å². The number of anilines is 1. The third-order valence-electron chi connectivity index (χ3n) is 4.86. The first-order valence-electron chi connectivity index (χ1n) is 8.91. The number of amides is 1. The van der Waals surface area contributed by atoms with E-state index in [2.05, 4.69) is 15.3 Å². The van der Waals surface area contributed by atoms with Crippen molar-refractivity contribution < 1.29 is 26.4 Å². The first-order valence-corrected chi connectivity index (χ1v) is 11.6. The lowest BCUT2D eigenvalue weighted by Gasteiger charge is -2.35. The molecule has 0 unspecified atom stereocenters. The summed E-state index contributed by atoms with van der Waals surface area (Å²) in [6.07, 6.45) is -2.39. The van der Waals surface area contributed by atoms with Crippen molar-refractivity contribution in [3.63, 3.8) is 0 Å². The number of sulfonamides is 1. The second-order valence-electron chi connectivity index (χ2n) is 7.16. The zero-order valence-electron chi connectivity index (χ0n) is 16.1. The Labute approximate surface area is 175 Å². The average Bonchev–Trinajstić information content (AvgIpc) is 3.12. The molecule has 2 aromatic heterocycles. The summed E-state index contributed by atoms with van der Waals surface area (Å²) in [4.78, 5) is 19.3. The number of hydrogen-bond donors (Lipinski definition) is 2. The van der Waals surface area contributed by atoms with Gasteiger partial charge in [-0.25, -0.2) is 22.7 Å². The Morgan fingerprint density at radius 1 is 1.40 bits per heavy atom. The molecule has 0 aliphatic carbocycles. The summed E-state index contributed by atoms with van der Waals surface area (Å²) >= 11 is 0.927. The van der Waals surface area contributed by atoms with E-state index in [0.717, 1.165) is 17.6 Å². The number of thiophene rings is 1. The van der Waals surface area contributed by atoms with Crippen LogP contribution in [0.3, 0.4) is 0 Å². The number of nitrogens with one attached hydrogen (secondary N) is 1. The highest BCUT2D eigenvalue weighted by molar-refractivity contribution is 7.88. The van der Waals surface area contributed by atoms with Crippen LogP contribution in [0.5, 0.6) is 0 Å². The van der Waals surface area contributed by atoms with E-state index < -0.39 is 27.7 Å². The fourth-order valence-corrected chi connectivity index (χ4v) is 5.07. The van der Waals surface area contributed by atoms with E-state index in [4.69, 9.17) is 5.73 Å². The van der Waals surface area contributed by atoms with E-state index in [1.165, 1.54) is 15.8 Å². The monoisotopic (exact) mass is 463 g/mol. The van der Waals surface area contributed by atoms with Gasteiger partial charge < -0.3 is 11.1 Å². The molecule has 30 heavy (non-hydrogen) atoms. The van der Waals surface area contributed by atoms with Crippen molar-refractivity contribution in [2.45, 2.75) is 25.6 Å². The molecule has 0 saturated carbocycles. The molecule has 0 spiro atoms. The predicted octanol–water partition coefficient (Wildman–Crippen LogP) is 2.40. The molecule has 3 N–H and O–H groups in total. The van der Waals surface area contributed by atoms with Gasteiger partial charge in [0.05, 0.1) is 22.4 Å². The SMILES string of the molecule is C[C@@H]1CN(S(C)(=O)=O)CC[C@@H]1Nc1ncc(C(F)(F)F)c(-c2cc(C(N)=O)cs2)n1. The van der Waals surface area contributed by atoms with Gasteiger partial charge in [0.15, 0.2) is 0 Å². The molecule has 1 saturated heterocycles. The van der Waals surface area contributed by atoms with E-state index >= 15 is 0 Å². The van der Waals surface area contributed by atoms with Gasteiger partial charge in [-0.2, -0.15) is 13.2 Å². The molecule has 13 heteroatoms. The van der Waals surface area contributed by atoms with E-state index in [0.29, 0.717) is 19.2 Å². The van der Waals surface area contributed by atoms with Gasteiger partial charge in [0.1, 0.15) is 5.56 Å². The molecule has 1 fully saturated rings. The maximum Gasteiger partial charge on any atom is 0.420 e. The Morgan fingerprint density at radius 3 is 2.63 bits per heavy atom. The lowest BCUT2D eigenvalue weighted by Crippen LogP contribution is -2.47. The fourth-order valence-electron chi connectivity index (χ4n) is 3.23. The Balaban J connectivity index is 1.89. The van der Waals surface area contributed by atoms with Crippen molar-refractivity contribution >= 4 is 33.2 Å². The summed E-state index contributed by atoms with van der Waals surface area (Å²) < 4.78 is 65.2. The molecule has 1 aliphatic rings. The van der Waals surface area contributed by atoms with Gasteiger partial charge in [-0.15, -0.1) is 11.3 Å². The maximum absolute atomic E-state index is 13.5. The number of piperidine rings is 1. The van der Waals surface area contributed by atoms with Crippen LogP contribution in [-0.4, -0.2) is 54.0 Å². The van der Waals surface area contributed by atoms with E-state index in [9.17, 15) is 26.4 Å². The highest BCUT2D eigenvalue weighted by Crippen LogP contribution is 2.38. The van der Waals surface area contributed by atoms with Crippen LogP contribution >= 0.6 is 11.3 Å². The quantitative estimate of drug-likeness (QED) is 0.703. The number of carbonyl (C=O) groups excluding carboxylic acids is 1. The molecular formula is C17H20F3N5O3S2. The smallest absolute Gasteiger partial charge is 0.366 e. The van der Waals surface area contributed by atoms with Gasteiger partial charge in [-0.05, 0) is 18.4 Å². The molecule has 164 valence electrons. The van der Waals surface area contributed by atoms with Gasteiger partial charge in [0, 0.05) is 30.7 Å². The number of alkyl halides is 3. The molecule has 2 aromatic rings. The lowest BCUT2D eigenvalue weighted by atomic mass is 9.95. The van der Waals surface area contributed by atoms with Crippen LogP contribution in [-0.2, 0) is 16.2 Å². The van der Waals surface area contributed by atoms with Gasteiger partial charge >= 0.3 is 6.18 Å². The third kappa shape index (κ3) is 4.90. The maximum atomic E-state index is 13.5. The summed E-state index contributed by atoms with van der Waals surface area (Å²) in [5, 5.41) is 4.39. The largest absolute Gasteiger partial charge is 0.420 e. The summed E-state index contributed by atoms with van der Waals surface area (Å²) in [5.41, 5.74) is 3.92. The minimum Gasteiger partial charge on any atom is -0.366 e. The Bertz CT molecular complexity index is 1060. The molecular weight excluding hydrogens is 443 g/mol. The minimum atomic E-state index is -4.68. The summed E-state index contributed by atoms with van der Waals surface area (Å²) in [6.45, 7) is 2.43. The van der Waals surface area contributed by atoms with Gasteiger partial charge in [0.25, 0.3) is 0 Å². The van der Waals surface area contributed by atoms with E-state index in [1.54, 1.807) is 0 Å². The van der Waals surface area contributed by atoms with Crippen LogP contribution in [0.25, 0.3) is 10.6 Å². The van der Waals surface area contributed by atoms with Crippen molar-refractivity contribution in [3.8, 4) is 10.6 Å². The predicted molar refractivity (Wildman–Crippen MR) is 106 cm³/mol. The van der Waals surface area contributed by atoms with Crippen LogP contribution in [0.15, 0.2) is 17.6 Å². The van der Waals surface area contributed by atoms with Crippen molar-refractivity contribution in [1.82, 2.24) is 14.3 Å². The second-order valence-corrected chi connectivity index (χ2v) is 10.0. The van der Waals surface area contributed by atoms with Crippen LogP contribution in [0.2, 0.25) is 0 Å². The molecule has 8 nitrogen and oxygen atoms in total. The Hall–Kier alpha value is -2.25. The summed E-state index contributed by atoms with van der Waals surface area (Å²) in [6, 6.07) is 1.05. The molecule has 0 radical (unpaired) electrons. The number of carbonyl (C=O) groups is 1. The number of hydrogen-bond acceptors (Lipinski definition) is 7. The summed E-state index contributed by atoms with van der Waals surface area (Å²) in [7, 11) is -3.31. The second kappa shape index (κ2) is 8.12. The lowest BCUT2D eigenvalue weighted by molar-refractivity contribution is -0.137. The van der Waals surface area contributed by atoms with Crippen molar-refractivity contribution in [2.75, 3.05) is 24.7 Å². The standard InChI is InChI=1S/C17H20F3N5O3S2/c1-9-7-25(30(2,27)28)4-3-12(9)23-16-22-6-11(17(18,19)20)14(24-16)13-5-10(8-29-13)15(21)26/h5-6,8-9,12H,3-4,7H2,1-2H3,(H2,21,26)(H,22,23,24)/t9-,12+/m1/s1. The molecule has 2 atom stereocenters. The highest BCUT2D eigenvalue weighted by atomic mass is 32.2. The molecule has 0 bridgehead atoms. The average molecular weight is 464 g/mol. The van der Waals surface area contributed by atoms with Gasteiger partial charge in [-0.3, -0.25) is 4.79 Å². The van der Waals surface area contributed by atoms with Gasteiger partial charge in [0.2, 0.25) is 21.9 Å². The number of primary amides is 1. The highest BCUT2D eigenvalue weighted by Gasteiger charge is 2.36. The minimum absolute atomic E-state index is 0.00307. The number of nitrogens with zero attached hydrogens (tertiary/aromatic N) is 3. The molecule has 3 heterocycles. The number of aromatic nitrogens is 2. The topological polar surface area (TPSA) is 118 Å². The van der Waals surface area contributed by atoms with Crippen LogP contribution in [0.4, 0.5) is 19.1 Å². The molecule has 1 amide bonds. The zero-order valence-corrected chi connectivity index (χ0v) is 17.7. The molecule has 3 rings (SSSR count). The third-order valence-corrected chi connectivity index (χ3v) is 7.07. The number of nitrogens with two attached hydrogens (primary N) is 1. The molecule has 1 aliphatic heterocycles. The van der Waals surface area contributed by atoms with Gasteiger partial charge in [-0.1, -0.05) is 6.92 Å². The zero-order chi connectivity index (χ0) is 22.3. The van der Waals surface area contributed by atoms with Crippen molar-refractivity contribution in [1.29, 1.82) is 0 Å². The first kappa shape index (κ1) is 22.4. The van der Waals surface area contributed by atoms with E-state index in [1.807, 2.05) is 6.92 Å². The number of rotatable bonds is 5. The summed E-state index contributed by atoms with van der Waals surface area (Å²) in [5.74, 6) is -0.854. The van der Waals surface area contributed by atoms with Crippen molar-refractivity contribution in [2.24, 2.45) is 11.7 Å².